The Hall–Kier alpha value is -1.43. The van der Waals surface area contributed by atoms with Gasteiger partial charge in [-0.3, -0.25) is 10.1 Å². The molecule has 0 saturated carbocycles. The Morgan fingerprint density at radius 2 is 2.44 bits per heavy atom. The van der Waals surface area contributed by atoms with Gasteiger partial charge in [-0.15, -0.1) is 0 Å². The van der Waals surface area contributed by atoms with E-state index in [1.807, 2.05) is 0 Å². The fourth-order valence-corrected chi connectivity index (χ4v) is 1.81. The van der Waals surface area contributed by atoms with Crippen LogP contribution in [-0.4, -0.2) is 34.2 Å². The Morgan fingerprint density at radius 1 is 1.81 bits per heavy atom. The van der Waals surface area contributed by atoms with Crippen molar-refractivity contribution in [2.75, 3.05) is 6.61 Å². The van der Waals surface area contributed by atoms with Crippen molar-refractivity contribution in [3.05, 3.63) is 22.3 Å². The molecule has 1 aliphatic carbocycles. The van der Waals surface area contributed by atoms with Crippen molar-refractivity contribution in [3.63, 3.8) is 0 Å². The first kappa shape index (κ1) is 12.6. The molecule has 0 aromatic rings. The molecule has 1 unspecified atom stereocenters. The lowest BCUT2D eigenvalue weighted by Crippen LogP contribution is -2.38. The van der Waals surface area contributed by atoms with Crippen molar-refractivity contribution in [2.45, 2.75) is 31.9 Å². The molecule has 0 aromatic carbocycles. The lowest BCUT2D eigenvalue weighted by Gasteiger charge is -2.18. The van der Waals surface area contributed by atoms with Crippen LogP contribution in [0, 0.1) is 16.0 Å². The molecule has 6 nitrogen and oxygen atoms in total. The van der Waals surface area contributed by atoms with Crippen LogP contribution in [0.3, 0.4) is 0 Å². The molecule has 1 N–H and O–H groups in total. The third-order valence-electron chi connectivity index (χ3n) is 2.51. The van der Waals surface area contributed by atoms with Crippen LogP contribution in [-0.2, 0) is 9.53 Å². The van der Waals surface area contributed by atoms with Gasteiger partial charge in [0.1, 0.15) is 0 Å². The SMILES string of the molecule is CCOC(=O)C([C@H]1C=C[C@@](C)(O)C1)[N+](=O)[O-]. The summed E-state index contributed by atoms with van der Waals surface area (Å²) in [6.45, 7) is 3.25. The van der Waals surface area contributed by atoms with Gasteiger partial charge in [-0.2, -0.15) is 0 Å². The number of ether oxygens (including phenoxy) is 1. The number of esters is 1. The zero-order valence-corrected chi connectivity index (χ0v) is 9.25. The molecule has 0 amide bonds. The first-order valence-corrected chi connectivity index (χ1v) is 5.09. The Balaban J connectivity index is 2.77. The number of nitro groups is 1. The molecule has 0 bridgehead atoms. The molecule has 1 rings (SSSR count). The van der Waals surface area contributed by atoms with Crippen molar-refractivity contribution in [1.29, 1.82) is 0 Å². The summed E-state index contributed by atoms with van der Waals surface area (Å²) >= 11 is 0. The summed E-state index contributed by atoms with van der Waals surface area (Å²) in [5.74, 6) is -1.45. The van der Waals surface area contributed by atoms with Gasteiger partial charge in [-0.05, 0) is 20.3 Å². The average Bonchev–Trinajstić information content (AvgIpc) is 2.46. The monoisotopic (exact) mass is 229 g/mol. The molecule has 1 aliphatic rings. The maximum atomic E-state index is 11.4. The van der Waals surface area contributed by atoms with E-state index in [9.17, 15) is 20.0 Å². The third kappa shape index (κ3) is 2.79. The predicted molar refractivity (Wildman–Crippen MR) is 55.3 cm³/mol. The van der Waals surface area contributed by atoms with E-state index >= 15 is 0 Å². The Bertz CT molecular complexity index is 323. The van der Waals surface area contributed by atoms with E-state index in [2.05, 4.69) is 4.74 Å². The highest BCUT2D eigenvalue weighted by molar-refractivity contribution is 5.75. The van der Waals surface area contributed by atoms with Gasteiger partial charge < -0.3 is 9.84 Å². The van der Waals surface area contributed by atoms with E-state index in [-0.39, 0.29) is 13.0 Å². The quantitative estimate of drug-likeness (QED) is 0.328. The van der Waals surface area contributed by atoms with Crippen molar-refractivity contribution >= 4 is 5.97 Å². The molecular formula is C10H15NO5. The first-order chi connectivity index (χ1) is 7.37. The van der Waals surface area contributed by atoms with Crippen LogP contribution in [0.25, 0.3) is 0 Å². The zero-order chi connectivity index (χ0) is 12.3. The van der Waals surface area contributed by atoms with Gasteiger partial charge in [-0.1, -0.05) is 12.2 Å². The largest absolute Gasteiger partial charge is 0.461 e. The highest BCUT2D eigenvalue weighted by atomic mass is 16.6. The van der Waals surface area contributed by atoms with Crippen LogP contribution < -0.4 is 0 Å². The van der Waals surface area contributed by atoms with E-state index in [0.717, 1.165) is 0 Å². The molecule has 0 saturated heterocycles. The number of carbonyl (C=O) groups is 1. The highest BCUT2D eigenvalue weighted by Gasteiger charge is 2.44. The lowest BCUT2D eigenvalue weighted by molar-refractivity contribution is -0.517. The maximum Gasteiger partial charge on any atom is 0.382 e. The Labute approximate surface area is 93.1 Å². The number of rotatable bonds is 4. The summed E-state index contributed by atoms with van der Waals surface area (Å²) in [5, 5.41) is 20.4. The molecule has 16 heavy (non-hydrogen) atoms. The van der Waals surface area contributed by atoms with Crippen LogP contribution in [0.4, 0.5) is 0 Å². The van der Waals surface area contributed by atoms with Crippen LogP contribution in [0.1, 0.15) is 20.3 Å². The van der Waals surface area contributed by atoms with E-state index in [1.54, 1.807) is 13.8 Å². The maximum absolute atomic E-state index is 11.4. The summed E-state index contributed by atoms with van der Waals surface area (Å²) < 4.78 is 4.65. The summed E-state index contributed by atoms with van der Waals surface area (Å²) in [6.07, 6.45) is 3.15. The molecule has 6 heteroatoms. The summed E-state index contributed by atoms with van der Waals surface area (Å²) in [5.41, 5.74) is -1.08. The standard InChI is InChI=1S/C10H15NO5/c1-3-16-9(12)8(11(14)15)7-4-5-10(2,13)6-7/h4-5,7-8,13H,3,6H2,1-2H3/t7-,8?,10+/m0/s1. The molecule has 3 atom stereocenters. The van der Waals surface area contributed by atoms with Gasteiger partial charge >= 0.3 is 12.0 Å². The second kappa shape index (κ2) is 4.61. The topological polar surface area (TPSA) is 89.7 Å². The second-order valence-electron chi connectivity index (χ2n) is 4.07. The smallest absolute Gasteiger partial charge is 0.382 e. The van der Waals surface area contributed by atoms with Crippen molar-refractivity contribution < 1.29 is 19.6 Å². The van der Waals surface area contributed by atoms with Gasteiger partial charge in [-0.25, -0.2) is 4.79 Å². The van der Waals surface area contributed by atoms with Crippen LogP contribution in [0.15, 0.2) is 12.2 Å². The average molecular weight is 229 g/mol. The van der Waals surface area contributed by atoms with Gasteiger partial charge in [0.2, 0.25) is 0 Å². The predicted octanol–water partition coefficient (Wildman–Crippen LogP) is 0.522. The Morgan fingerprint density at radius 3 is 2.81 bits per heavy atom. The van der Waals surface area contributed by atoms with Crippen molar-refractivity contribution in [2.24, 2.45) is 5.92 Å². The zero-order valence-electron chi connectivity index (χ0n) is 9.25. The third-order valence-corrected chi connectivity index (χ3v) is 2.51. The summed E-state index contributed by atoms with van der Waals surface area (Å²) in [4.78, 5) is 21.5. The summed E-state index contributed by atoms with van der Waals surface area (Å²) in [6, 6.07) is -1.43. The van der Waals surface area contributed by atoms with Gasteiger partial charge in [0, 0.05) is 4.92 Å². The molecule has 0 aliphatic heterocycles. The van der Waals surface area contributed by atoms with Gasteiger partial charge in [0.25, 0.3) is 0 Å². The number of aliphatic hydroxyl groups is 1. The van der Waals surface area contributed by atoms with Crippen molar-refractivity contribution in [3.8, 4) is 0 Å². The molecule has 0 aromatic heterocycles. The minimum atomic E-state index is -1.43. The van der Waals surface area contributed by atoms with Gasteiger partial charge in [0.15, 0.2) is 0 Å². The normalized spacial score (nSPS) is 30.1. The highest BCUT2D eigenvalue weighted by Crippen LogP contribution is 2.30. The van der Waals surface area contributed by atoms with Crippen LogP contribution in [0.5, 0.6) is 0 Å². The Kier molecular flexibility index (Phi) is 3.64. The first-order valence-electron chi connectivity index (χ1n) is 5.09. The fraction of sp³-hybridized carbons (Fsp3) is 0.700. The second-order valence-corrected chi connectivity index (χ2v) is 4.07. The lowest BCUT2D eigenvalue weighted by atomic mass is 9.95. The number of hydrogen-bond acceptors (Lipinski definition) is 5. The minimum Gasteiger partial charge on any atom is -0.461 e. The molecule has 0 fully saturated rings. The number of carbonyl (C=O) groups excluding carboxylic acids is 1. The molecule has 0 radical (unpaired) electrons. The molecule has 0 heterocycles. The van der Waals surface area contributed by atoms with Crippen molar-refractivity contribution in [1.82, 2.24) is 0 Å². The molecule has 0 spiro atoms. The number of hydrogen-bond donors (Lipinski definition) is 1. The molecular weight excluding hydrogens is 214 g/mol. The van der Waals surface area contributed by atoms with Gasteiger partial charge in [0.05, 0.1) is 18.1 Å². The summed E-state index contributed by atoms with van der Waals surface area (Å²) in [7, 11) is 0. The minimum absolute atomic E-state index is 0.107. The fourth-order valence-electron chi connectivity index (χ4n) is 1.81. The number of nitrogens with zero attached hydrogens (tertiary/aromatic N) is 1. The van der Waals surface area contributed by atoms with Crippen LogP contribution in [0.2, 0.25) is 0 Å². The van der Waals surface area contributed by atoms with E-state index in [1.165, 1.54) is 12.2 Å². The van der Waals surface area contributed by atoms with E-state index in [4.69, 9.17) is 0 Å². The molecule has 90 valence electrons. The van der Waals surface area contributed by atoms with E-state index in [0.29, 0.717) is 0 Å². The van der Waals surface area contributed by atoms with E-state index < -0.39 is 28.5 Å². The van der Waals surface area contributed by atoms with Crippen LogP contribution >= 0.6 is 0 Å².